The molecule has 0 amide bonds. The highest BCUT2D eigenvalue weighted by atomic mass is 32.2. The highest BCUT2D eigenvalue weighted by Gasteiger charge is 2.26. The number of fused-ring (bicyclic) bond motifs is 8. The van der Waals surface area contributed by atoms with Gasteiger partial charge in [-0.1, -0.05) is 6.07 Å². The minimum atomic E-state index is -5.11. The van der Waals surface area contributed by atoms with Crippen molar-refractivity contribution in [3.05, 3.63) is 36.4 Å². The van der Waals surface area contributed by atoms with Gasteiger partial charge in [0.15, 0.2) is 0 Å². The van der Waals surface area contributed by atoms with Crippen LogP contribution in [0.5, 0.6) is 0 Å². The molecule has 50 heavy (non-hydrogen) atoms. The molecule has 268 valence electrons. The zero-order chi connectivity index (χ0) is 35.7. The first-order valence-electron chi connectivity index (χ1n) is 14.6. The molecule has 0 fully saturated rings. The Balaban J connectivity index is 1.64. The summed E-state index contributed by atoms with van der Waals surface area (Å²) in [6, 6.07) is 8.44. The zero-order valence-corrected chi connectivity index (χ0v) is 29.1. The molecule has 0 atom stereocenters. The van der Waals surface area contributed by atoms with Crippen LogP contribution in [0.2, 0.25) is 0 Å². The Morgan fingerprint density at radius 2 is 1.00 bits per heavy atom. The standard InChI is InChI=1S/C26H32N12O8S4/c39-6-10-47-8-4-27-21-33-23-29-15-2-1-3-16(12-15)30-24-34-22(28-5-9-48-11-7-40)36-26(38-24)32-18-13-17(31-25(35-21)37-23)19(49(41,42)43)14-20(18)50(44,45)46/h1-3,12-14,39-40H,4-11H2,(H,41,42,43)(H,44,45,46)(H3,27,29,31,33,35,37)(H3,28,30,32,34,36,38). The molecule has 0 radical (unpaired) electrons. The molecule has 5 rings (SSSR count). The molecule has 1 aliphatic rings. The summed E-state index contributed by atoms with van der Waals surface area (Å²) in [4.78, 5) is 24.2. The number of hydrogen-bond acceptors (Lipinski definition) is 20. The van der Waals surface area contributed by atoms with Crippen LogP contribution in [0.1, 0.15) is 0 Å². The summed E-state index contributed by atoms with van der Waals surface area (Å²) in [5.74, 6) is 2.03. The monoisotopic (exact) mass is 768 g/mol. The lowest BCUT2D eigenvalue weighted by molar-refractivity contribution is 0.322. The van der Waals surface area contributed by atoms with Crippen LogP contribution in [0.3, 0.4) is 0 Å². The third-order valence-electron chi connectivity index (χ3n) is 6.31. The van der Waals surface area contributed by atoms with Crippen LogP contribution in [0.4, 0.5) is 58.4 Å². The van der Waals surface area contributed by atoms with Crippen molar-refractivity contribution in [3.8, 4) is 0 Å². The number of anilines is 10. The first-order valence-corrected chi connectivity index (χ1v) is 19.8. The summed E-state index contributed by atoms with van der Waals surface area (Å²) in [5, 5.41) is 35.7. The number of thioether (sulfide) groups is 2. The minimum Gasteiger partial charge on any atom is -0.396 e. The van der Waals surface area contributed by atoms with Gasteiger partial charge in [0.2, 0.25) is 35.7 Å². The highest BCUT2D eigenvalue weighted by Crippen LogP contribution is 2.35. The van der Waals surface area contributed by atoms with Gasteiger partial charge in [-0.25, -0.2) is 0 Å². The van der Waals surface area contributed by atoms with Crippen molar-refractivity contribution in [1.82, 2.24) is 29.9 Å². The van der Waals surface area contributed by atoms with Gasteiger partial charge >= 0.3 is 0 Å². The number of aromatic nitrogens is 6. The number of benzene rings is 2. The molecule has 2 aromatic heterocycles. The SMILES string of the molecule is O=S(=O)(O)c1cc(S(=O)(=O)O)c2cc1Nc1nc(NCCSCCO)nc(n1)Nc1cccc(c1)Nc1nc(NCCSCCO)nc(n1)N2. The minimum absolute atomic E-state index is 0.0200. The van der Waals surface area contributed by atoms with Gasteiger partial charge in [0, 0.05) is 47.5 Å². The maximum Gasteiger partial charge on any atom is 0.296 e. The van der Waals surface area contributed by atoms with E-state index in [9.17, 15) is 25.9 Å². The maximum absolute atomic E-state index is 12.5. The van der Waals surface area contributed by atoms with E-state index >= 15 is 0 Å². The van der Waals surface area contributed by atoms with Gasteiger partial charge < -0.3 is 42.1 Å². The zero-order valence-electron chi connectivity index (χ0n) is 25.9. The predicted octanol–water partition coefficient (Wildman–Crippen LogP) is 2.11. The van der Waals surface area contributed by atoms with Crippen LogP contribution >= 0.6 is 23.5 Å². The number of aliphatic hydroxyl groups is 2. The highest BCUT2D eigenvalue weighted by molar-refractivity contribution is 7.99. The van der Waals surface area contributed by atoms with Crippen LogP contribution in [-0.4, -0.2) is 115 Å². The molecule has 3 heterocycles. The number of nitrogens with one attached hydrogen (secondary N) is 6. The molecule has 0 aliphatic carbocycles. The Morgan fingerprint density at radius 3 is 1.40 bits per heavy atom. The molecule has 1 aliphatic heterocycles. The van der Waals surface area contributed by atoms with Crippen LogP contribution < -0.4 is 31.9 Å². The topological polar surface area (TPSA) is 299 Å². The van der Waals surface area contributed by atoms with E-state index in [4.69, 9.17) is 10.2 Å². The second kappa shape index (κ2) is 16.6. The predicted molar refractivity (Wildman–Crippen MR) is 191 cm³/mol. The second-order valence-corrected chi connectivity index (χ2v) is 15.2. The molecule has 10 N–H and O–H groups in total. The first kappa shape index (κ1) is 37.0. The second-order valence-electron chi connectivity index (χ2n) is 10.0. The van der Waals surface area contributed by atoms with E-state index < -0.39 is 30.0 Å². The van der Waals surface area contributed by atoms with E-state index in [2.05, 4.69) is 61.8 Å². The molecular weight excluding hydrogens is 737 g/mol. The lowest BCUT2D eigenvalue weighted by Gasteiger charge is -2.17. The van der Waals surface area contributed by atoms with E-state index in [1.807, 2.05) is 0 Å². The van der Waals surface area contributed by atoms with Crippen molar-refractivity contribution < 1.29 is 36.2 Å². The Hall–Kier alpha value is -4.30. The third-order valence-corrected chi connectivity index (χ3v) is 10.0. The van der Waals surface area contributed by atoms with Gasteiger partial charge in [-0.15, -0.1) is 0 Å². The molecule has 2 aromatic carbocycles. The number of rotatable bonds is 14. The van der Waals surface area contributed by atoms with E-state index in [0.29, 0.717) is 53.5 Å². The van der Waals surface area contributed by atoms with Crippen molar-refractivity contribution in [1.29, 1.82) is 0 Å². The maximum atomic E-state index is 12.5. The normalized spacial score (nSPS) is 12.6. The largest absolute Gasteiger partial charge is 0.396 e. The van der Waals surface area contributed by atoms with Gasteiger partial charge in [0.05, 0.1) is 24.6 Å². The van der Waals surface area contributed by atoms with Crippen molar-refractivity contribution in [2.75, 3.05) is 81.2 Å². The Bertz CT molecular complexity index is 1910. The molecule has 0 spiro atoms. The van der Waals surface area contributed by atoms with E-state index in [1.54, 1.807) is 24.3 Å². The average Bonchev–Trinajstić information content (AvgIpc) is 3.03. The molecule has 0 saturated heterocycles. The lowest BCUT2D eigenvalue weighted by Crippen LogP contribution is -2.15. The summed E-state index contributed by atoms with van der Waals surface area (Å²) < 4.78 is 70.2. The van der Waals surface area contributed by atoms with Crippen molar-refractivity contribution in [3.63, 3.8) is 0 Å². The third kappa shape index (κ3) is 10.4. The van der Waals surface area contributed by atoms with Crippen LogP contribution in [-0.2, 0) is 20.2 Å². The molecule has 4 aromatic rings. The van der Waals surface area contributed by atoms with Gasteiger partial charge in [0.25, 0.3) is 20.2 Å². The average molecular weight is 769 g/mol. The van der Waals surface area contributed by atoms with Gasteiger partial charge in [-0.05, 0) is 30.3 Å². The quantitative estimate of drug-likeness (QED) is 0.0571. The van der Waals surface area contributed by atoms with Crippen LogP contribution in [0, 0.1) is 0 Å². The van der Waals surface area contributed by atoms with Crippen LogP contribution in [0.15, 0.2) is 46.2 Å². The lowest BCUT2D eigenvalue weighted by atomic mass is 10.2. The van der Waals surface area contributed by atoms with Crippen molar-refractivity contribution in [2.45, 2.75) is 9.79 Å². The molecule has 0 saturated carbocycles. The molecule has 20 nitrogen and oxygen atoms in total. The fourth-order valence-corrected chi connectivity index (χ4v) is 6.84. The number of hydrogen-bond donors (Lipinski definition) is 10. The van der Waals surface area contributed by atoms with Gasteiger partial charge in [-0.2, -0.15) is 70.3 Å². The molecule has 0 unspecified atom stereocenters. The summed E-state index contributed by atoms with van der Waals surface area (Å²) in [6.45, 7) is 0.825. The fourth-order valence-electron chi connectivity index (χ4n) is 4.29. The van der Waals surface area contributed by atoms with E-state index in [0.717, 1.165) is 6.07 Å². The van der Waals surface area contributed by atoms with Gasteiger partial charge in [0.1, 0.15) is 9.79 Å². The number of nitrogens with zero attached hydrogens (tertiary/aromatic N) is 6. The van der Waals surface area contributed by atoms with E-state index in [-0.39, 0.29) is 60.3 Å². The first-order chi connectivity index (χ1) is 23.9. The smallest absolute Gasteiger partial charge is 0.296 e. The van der Waals surface area contributed by atoms with Crippen LogP contribution in [0.25, 0.3) is 0 Å². The summed E-state index contributed by atoms with van der Waals surface area (Å²) in [6.07, 6.45) is 0. The van der Waals surface area contributed by atoms with E-state index in [1.165, 1.54) is 23.5 Å². The summed E-state index contributed by atoms with van der Waals surface area (Å²) in [5.41, 5.74) is 0.275. The molecule has 8 bridgehead atoms. The molecule has 24 heteroatoms. The van der Waals surface area contributed by atoms with Crippen molar-refractivity contribution >= 4 is 102 Å². The number of aliphatic hydroxyl groups excluding tert-OH is 2. The fraction of sp³-hybridized carbons (Fsp3) is 0.308. The Labute approximate surface area is 294 Å². The molecular formula is C26H32N12O8S4. The summed E-state index contributed by atoms with van der Waals surface area (Å²) in [7, 11) is -10.2. The van der Waals surface area contributed by atoms with Crippen molar-refractivity contribution in [2.24, 2.45) is 0 Å². The Kier molecular flexibility index (Phi) is 12.3. The summed E-state index contributed by atoms with van der Waals surface area (Å²) >= 11 is 2.98. The van der Waals surface area contributed by atoms with Gasteiger partial charge in [-0.3, -0.25) is 9.11 Å². The Morgan fingerprint density at radius 1 is 0.580 bits per heavy atom.